The molecule has 0 fully saturated rings. The van der Waals surface area contributed by atoms with Crippen LogP contribution in [0, 0.1) is 0 Å². The van der Waals surface area contributed by atoms with Gasteiger partial charge in [-0.1, -0.05) is 0 Å². The second kappa shape index (κ2) is 6.98. The maximum atomic E-state index is 5.39. The highest BCUT2D eigenvalue weighted by Gasteiger charge is 2.04. The number of hydrogen-bond acceptors (Lipinski definition) is 8. The first-order chi connectivity index (χ1) is 9.31. The SMILES string of the molecule is CCOCc1nc(NN)cc(NCc2cscn2)n1. The molecule has 8 heteroatoms. The number of ether oxygens (including phenoxy) is 1. The summed E-state index contributed by atoms with van der Waals surface area (Å²) in [6, 6.07) is 1.74. The Morgan fingerprint density at radius 2 is 2.21 bits per heavy atom. The number of thiazole rings is 1. The van der Waals surface area contributed by atoms with Gasteiger partial charge in [-0.15, -0.1) is 11.3 Å². The largest absolute Gasteiger partial charge is 0.374 e. The van der Waals surface area contributed by atoms with Crippen molar-refractivity contribution in [2.75, 3.05) is 17.3 Å². The van der Waals surface area contributed by atoms with E-state index in [1.807, 2.05) is 12.3 Å². The molecule has 0 aliphatic carbocycles. The number of nitrogen functional groups attached to an aromatic ring is 1. The normalized spacial score (nSPS) is 10.4. The van der Waals surface area contributed by atoms with Crippen LogP contribution in [0.15, 0.2) is 17.0 Å². The Morgan fingerprint density at radius 1 is 1.37 bits per heavy atom. The summed E-state index contributed by atoms with van der Waals surface area (Å²) in [5, 5.41) is 5.16. The van der Waals surface area contributed by atoms with Gasteiger partial charge in [-0.3, -0.25) is 0 Å². The van der Waals surface area contributed by atoms with Crippen molar-refractivity contribution in [2.45, 2.75) is 20.1 Å². The molecular weight excluding hydrogens is 264 g/mol. The first-order valence-electron chi connectivity index (χ1n) is 5.85. The number of nitrogens with two attached hydrogens (primary N) is 1. The zero-order valence-electron chi connectivity index (χ0n) is 10.6. The summed E-state index contributed by atoms with van der Waals surface area (Å²) >= 11 is 1.56. The van der Waals surface area contributed by atoms with Gasteiger partial charge in [0.25, 0.3) is 0 Å². The minimum atomic E-state index is 0.359. The van der Waals surface area contributed by atoms with Gasteiger partial charge < -0.3 is 15.5 Å². The average molecular weight is 280 g/mol. The molecule has 0 atom stereocenters. The summed E-state index contributed by atoms with van der Waals surface area (Å²) in [7, 11) is 0. The number of hydrazine groups is 1. The smallest absolute Gasteiger partial charge is 0.158 e. The fourth-order valence-corrected chi connectivity index (χ4v) is 1.98. The van der Waals surface area contributed by atoms with E-state index in [2.05, 4.69) is 25.7 Å². The highest BCUT2D eigenvalue weighted by molar-refractivity contribution is 7.07. The molecule has 0 radical (unpaired) electrons. The van der Waals surface area contributed by atoms with Gasteiger partial charge in [-0.05, 0) is 6.92 Å². The van der Waals surface area contributed by atoms with Crippen molar-refractivity contribution in [3.05, 3.63) is 28.5 Å². The van der Waals surface area contributed by atoms with Crippen molar-refractivity contribution in [1.29, 1.82) is 0 Å². The topological polar surface area (TPSA) is 98.0 Å². The molecule has 102 valence electrons. The molecule has 19 heavy (non-hydrogen) atoms. The van der Waals surface area contributed by atoms with E-state index in [-0.39, 0.29) is 0 Å². The van der Waals surface area contributed by atoms with E-state index < -0.39 is 0 Å². The maximum Gasteiger partial charge on any atom is 0.158 e. The van der Waals surface area contributed by atoms with Gasteiger partial charge in [0.1, 0.15) is 18.2 Å². The summed E-state index contributed by atoms with van der Waals surface area (Å²) in [4.78, 5) is 12.8. The van der Waals surface area contributed by atoms with Gasteiger partial charge in [-0.2, -0.15) is 0 Å². The highest BCUT2D eigenvalue weighted by atomic mass is 32.1. The molecule has 0 unspecified atom stereocenters. The van der Waals surface area contributed by atoms with Crippen molar-refractivity contribution in [3.8, 4) is 0 Å². The van der Waals surface area contributed by atoms with E-state index >= 15 is 0 Å². The van der Waals surface area contributed by atoms with Gasteiger partial charge in [0.05, 0.1) is 17.7 Å². The van der Waals surface area contributed by atoms with E-state index in [9.17, 15) is 0 Å². The standard InChI is InChI=1S/C11H16N6OS/c1-2-18-5-11-15-9(3-10(16-11)17-12)13-4-8-6-19-7-14-8/h3,6-7H,2,4-5,12H2,1H3,(H2,13,15,16,17). The molecule has 0 spiro atoms. The first-order valence-corrected chi connectivity index (χ1v) is 6.79. The van der Waals surface area contributed by atoms with Crippen molar-refractivity contribution in [3.63, 3.8) is 0 Å². The van der Waals surface area contributed by atoms with Gasteiger partial charge in [0.15, 0.2) is 5.82 Å². The summed E-state index contributed by atoms with van der Waals surface area (Å²) in [6.07, 6.45) is 0. The first kappa shape index (κ1) is 13.7. The number of nitrogens with zero attached hydrogens (tertiary/aromatic N) is 3. The molecule has 0 aliphatic rings. The molecule has 2 heterocycles. The highest BCUT2D eigenvalue weighted by Crippen LogP contribution is 2.12. The third-order valence-corrected chi connectivity index (χ3v) is 2.92. The van der Waals surface area contributed by atoms with Crippen LogP contribution in [0.1, 0.15) is 18.4 Å². The lowest BCUT2D eigenvalue weighted by Crippen LogP contribution is -2.13. The molecule has 0 saturated carbocycles. The lowest BCUT2D eigenvalue weighted by atomic mass is 10.4. The second-order valence-electron chi connectivity index (χ2n) is 3.67. The Labute approximate surface area is 115 Å². The summed E-state index contributed by atoms with van der Waals surface area (Å²) in [5.41, 5.74) is 5.28. The average Bonchev–Trinajstić information content (AvgIpc) is 2.96. The zero-order chi connectivity index (χ0) is 13.5. The predicted molar refractivity (Wildman–Crippen MR) is 74.6 cm³/mol. The molecule has 7 nitrogen and oxygen atoms in total. The molecule has 0 amide bonds. The van der Waals surface area contributed by atoms with Crippen LogP contribution in [0.3, 0.4) is 0 Å². The Balaban J connectivity index is 2.05. The van der Waals surface area contributed by atoms with Gasteiger partial charge in [0.2, 0.25) is 0 Å². The number of nitrogens with one attached hydrogen (secondary N) is 2. The molecule has 0 bridgehead atoms. The summed E-state index contributed by atoms with van der Waals surface area (Å²) in [5.74, 6) is 7.20. The van der Waals surface area contributed by atoms with Crippen molar-refractivity contribution in [1.82, 2.24) is 15.0 Å². The van der Waals surface area contributed by atoms with Gasteiger partial charge >= 0.3 is 0 Å². The van der Waals surface area contributed by atoms with E-state index in [0.717, 1.165) is 5.69 Å². The molecule has 2 aromatic rings. The van der Waals surface area contributed by atoms with Crippen LogP contribution in [-0.4, -0.2) is 21.6 Å². The molecule has 0 saturated heterocycles. The molecule has 0 aromatic carbocycles. The second-order valence-corrected chi connectivity index (χ2v) is 4.39. The van der Waals surface area contributed by atoms with Crippen molar-refractivity contribution in [2.24, 2.45) is 5.84 Å². The number of rotatable bonds is 7. The fourth-order valence-electron chi connectivity index (χ4n) is 1.43. The molecule has 2 rings (SSSR count). The summed E-state index contributed by atoms with van der Waals surface area (Å²) < 4.78 is 5.29. The van der Waals surface area contributed by atoms with Crippen LogP contribution in [0.5, 0.6) is 0 Å². The number of anilines is 2. The van der Waals surface area contributed by atoms with E-state index in [1.165, 1.54) is 0 Å². The lowest BCUT2D eigenvalue weighted by Gasteiger charge is -2.09. The minimum absolute atomic E-state index is 0.359. The lowest BCUT2D eigenvalue weighted by molar-refractivity contribution is 0.128. The molecule has 2 aromatic heterocycles. The Hall–Kier alpha value is -1.77. The molecule has 4 N–H and O–H groups in total. The monoisotopic (exact) mass is 280 g/mol. The van der Waals surface area contributed by atoms with Gasteiger partial charge in [0, 0.05) is 18.1 Å². The molecule has 0 aliphatic heterocycles. The van der Waals surface area contributed by atoms with E-state index in [1.54, 1.807) is 22.9 Å². The fraction of sp³-hybridized carbons (Fsp3) is 0.364. The van der Waals surface area contributed by atoms with Crippen molar-refractivity contribution >= 4 is 23.0 Å². The Bertz CT molecular complexity index is 504. The predicted octanol–water partition coefficient (Wildman–Crippen LogP) is 1.37. The number of aromatic nitrogens is 3. The third-order valence-electron chi connectivity index (χ3n) is 2.29. The van der Waals surface area contributed by atoms with E-state index in [4.69, 9.17) is 10.6 Å². The van der Waals surface area contributed by atoms with Crippen LogP contribution in [0.4, 0.5) is 11.6 Å². The third kappa shape index (κ3) is 4.12. The Morgan fingerprint density at radius 3 is 2.89 bits per heavy atom. The maximum absolute atomic E-state index is 5.39. The van der Waals surface area contributed by atoms with Crippen LogP contribution in [-0.2, 0) is 17.9 Å². The van der Waals surface area contributed by atoms with Crippen LogP contribution >= 0.6 is 11.3 Å². The van der Waals surface area contributed by atoms with Gasteiger partial charge in [-0.25, -0.2) is 20.8 Å². The molecular formula is C11H16N6OS. The number of hydrogen-bond donors (Lipinski definition) is 3. The van der Waals surface area contributed by atoms with E-state index in [0.29, 0.717) is 37.2 Å². The summed E-state index contributed by atoms with van der Waals surface area (Å²) in [6.45, 7) is 3.51. The Kier molecular flexibility index (Phi) is 5.01. The zero-order valence-corrected chi connectivity index (χ0v) is 11.4. The quantitative estimate of drug-likeness (QED) is 0.520. The minimum Gasteiger partial charge on any atom is -0.374 e. The van der Waals surface area contributed by atoms with Crippen LogP contribution in [0.25, 0.3) is 0 Å². The van der Waals surface area contributed by atoms with Crippen LogP contribution < -0.4 is 16.6 Å². The van der Waals surface area contributed by atoms with Crippen molar-refractivity contribution < 1.29 is 4.74 Å². The van der Waals surface area contributed by atoms with Crippen LogP contribution in [0.2, 0.25) is 0 Å².